The fraction of sp³-hybridized carbons (Fsp3) is 0. The molecular weight excluding hydrogens is 401 g/mol. The van der Waals surface area contributed by atoms with Gasteiger partial charge in [0.2, 0.25) is 0 Å². The number of hydrogen-bond acceptors (Lipinski definition) is 4. The first kappa shape index (κ1) is 19.6. The van der Waals surface area contributed by atoms with Crippen molar-refractivity contribution in [1.82, 2.24) is 0 Å². The second-order valence-corrected chi connectivity index (χ2v) is 3.67. The zero-order valence-corrected chi connectivity index (χ0v) is 15.3. The van der Waals surface area contributed by atoms with E-state index in [0.29, 0.717) is 0 Å². The van der Waals surface area contributed by atoms with Crippen LogP contribution in [-0.4, -0.2) is 71.0 Å². The van der Waals surface area contributed by atoms with Crippen molar-refractivity contribution in [3.63, 3.8) is 0 Å². The summed E-state index contributed by atoms with van der Waals surface area (Å²) < 4.78 is 0. The molecule has 0 amide bonds. The molecule has 0 saturated heterocycles. The molecule has 0 unspecified atom stereocenters. The molecule has 0 radical (unpaired) electrons. The van der Waals surface area contributed by atoms with E-state index >= 15 is 0 Å². The van der Waals surface area contributed by atoms with E-state index in [0.717, 1.165) is 12.1 Å². The summed E-state index contributed by atoms with van der Waals surface area (Å²) in [5.74, 6) is -2.70. The number of aromatic carboxylic acids is 2. The molecule has 0 aromatic heterocycles. The molecule has 6 nitrogen and oxygen atoms in total. The van der Waals surface area contributed by atoms with E-state index in [2.05, 4.69) is 0 Å². The summed E-state index contributed by atoms with van der Waals surface area (Å²) in [7, 11) is 0. The molecule has 2 rings (SSSR count). The van der Waals surface area contributed by atoms with E-state index in [1.807, 2.05) is 0 Å². The summed E-state index contributed by atoms with van der Waals surface area (Å²) in [6, 6.07) is 10.4. The fourth-order valence-electron chi connectivity index (χ4n) is 1.26. The number of carboxylic acid groups (broad SMARTS) is 2. The third kappa shape index (κ3) is 7.21. The Labute approximate surface area is 160 Å². The van der Waals surface area contributed by atoms with Crippen LogP contribution in [0.2, 0.25) is 0 Å². The molecule has 0 aliphatic carbocycles. The van der Waals surface area contributed by atoms with Gasteiger partial charge in [-0.2, -0.15) is 0 Å². The van der Waals surface area contributed by atoms with Gasteiger partial charge in [0.05, 0.1) is 11.1 Å². The normalized spacial score (nSPS) is 8.76. The van der Waals surface area contributed by atoms with Crippen molar-refractivity contribution in [2.24, 2.45) is 0 Å². The minimum atomic E-state index is -1.07. The van der Waals surface area contributed by atoms with Crippen molar-refractivity contribution in [3.8, 4) is 11.5 Å². The molecule has 0 saturated carbocycles. The average Bonchev–Trinajstić information content (AvgIpc) is 2.39. The Hall–Kier alpha value is -1.45. The van der Waals surface area contributed by atoms with Gasteiger partial charge < -0.3 is 20.4 Å². The monoisotopic (exact) mass is 412 g/mol. The van der Waals surface area contributed by atoms with Crippen LogP contribution in [-0.2, 0) is 0 Å². The quantitative estimate of drug-likeness (QED) is 0.696. The van der Waals surface area contributed by atoms with Crippen LogP contribution < -0.4 is 10.2 Å². The molecule has 0 aliphatic rings. The van der Waals surface area contributed by atoms with E-state index in [-0.39, 0.29) is 71.5 Å². The predicted octanol–water partition coefficient (Wildman–Crippen LogP) is 0.536. The number of carbonyl (C=O) groups is 2. The van der Waals surface area contributed by atoms with Gasteiger partial charge in [-0.15, -0.1) is 11.5 Å². The van der Waals surface area contributed by atoms with Crippen LogP contribution >= 0.6 is 0 Å². The van der Waals surface area contributed by atoms with Gasteiger partial charge in [0, 0.05) is 0 Å². The molecule has 0 bridgehead atoms. The zero-order chi connectivity index (χ0) is 15.1. The van der Waals surface area contributed by atoms with Gasteiger partial charge in [-0.05, 0) is 12.1 Å². The Morgan fingerprint density at radius 3 is 1.29 bits per heavy atom. The van der Waals surface area contributed by atoms with Crippen molar-refractivity contribution in [2.45, 2.75) is 0 Å². The Balaban J connectivity index is 0.000000364. The van der Waals surface area contributed by atoms with E-state index in [9.17, 15) is 19.8 Å². The van der Waals surface area contributed by atoms with Crippen molar-refractivity contribution in [1.29, 1.82) is 0 Å². The van der Waals surface area contributed by atoms with Crippen molar-refractivity contribution in [3.05, 3.63) is 59.7 Å². The summed E-state index contributed by atoms with van der Waals surface area (Å²) in [5, 5.41) is 37.8. The van der Waals surface area contributed by atoms with Gasteiger partial charge >= 0.3 is 60.8 Å². The Kier molecular flexibility index (Phi) is 8.83. The molecule has 21 heavy (non-hydrogen) atoms. The maximum Gasteiger partial charge on any atom is 2.00 e. The van der Waals surface area contributed by atoms with Crippen LogP contribution in [0.25, 0.3) is 0 Å². The van der Waals surface area contributed by atoms with Crippen LogP contribution in [0.15, 0.2) is 48.5 Å². The molecule has 104 valence electrons. The van der Waals surface area contributed by atoms with Gasteiger partial charge in [-0.1, -0.05) is 36.4 Å². The molecule has 0 aliphatic heterocycles. The molecular formula is C14H10BaO6. The number of rotatable bonds is 2. The third-order valence-corrected chi connectivity index (χ3v) is 2.16. The summed E-state index contributed by atoms with van der Waals surface area (Å²) in [4.78, 5) is 20.4. The SMILES string of the molecule is O=C(O)c1cccc([O-])c1.O=C(O)c1cccc([O-])c1.[Ba+2]. The van der Waals surface area contributed by atoms with Crippen LogP contribution in [0.4, 0.5) is 0 Å². The molecule has 0 fully saturated rings. The van der Waals surface area contributed by atoms with Crippen molar-refractivity contribution < 1.29 is 30.0 Å². The second-order valence-electron chi connectivity index (χ2n) is 3.67. The summed E-state index contributed by atoms with van der Waals surface area (Å²) in [6.07, 6.45) is 0. The van der Waals surface area contributed by atoms with Crippen LogP contribution in [0.5, 0.6) is 11.5 Å². The molecule has 0 spiro atoms. The Bertz CT molecular complexity index is 571. The summed E-state index contributed by atoms with van der Waals surface area (Å²) in [6.45, 7) is 0. The minimum Gasteiger partial charge on any atom is -0.872 e. The molecule has 2 aromatic carbocycles. The number of benzene rings is 2. The van der Waals surface area contributed by atoms with Gasteiger partial charge in [-0.3, -0.25) is 0 Å². The zero-order valence-electron chi connectivity index (χ0n) is 10.9. The fourth-order valence-corrected chi connectivity index (χ4v) is 1.26. The third-order valence-electron chi connectivity index (χ3n) is 2.16. The predicted molar refractivity (Wildman–Crippen MR) is 71.4 cm³/mol. The summed E-state index contributed by atoms with van der Waals surface area (Å²) >= 11 is 0. The van der Waals surface area contributed by atoms with E-state index < -0.39 is 11.9 Å². The maximum atomic E-state index is 10.5. The van der Waals surface area contributed by atoms with Gasteiger partial charge in [0.15, 0.2) is 0 Å². The smallest absolute Gasteiger partial charge is 0.872 e. The first-order valence-electron chi connectivity index (χ1n) is 5.41. The molecule has 0 atom stereocenters. The van der Waals surface area contributed by atoms with Crippen molar-refractivity contribution >= 4 is 60.8 Å². The standard InChI is InChI=1S/2C7H6O3.Ba/c2*8-6-3-1-2-5(4-6)7(9)10;/h2*1-4,8H,(H,9,10);/q;;+2/p-2. The van der Waals surface area contributed by atoms with Gasteiger partial charge in [-0.25, -0.2) is 9.59 Å². The number of carboxylic acids is 2. The maximum absolute atomic E-state index is 10.5. The van der Waals surface area contributed by atoms with Gasteiger partial charge in [0.25, 0.3) is 0 Å². The summed E-state index contributed by atoms with van der Waals surface area (Å²) in [5.41, 5.74) is 0.0694. The van der Waals surface area contributed by atoms with E-state index in [1.165, 1.54) is 36.4 Å². The topological polar surface area (TPSA) is 121 Å². The van der Waals surface area contributed by atoms with Crippen LogP contribution in [0.1, 0.15) is 20.7 Å². The first-order chi connectivity index (χ1) is 9.40. The molecule has 7 heteroatoms. The van der Waals surface area contributed by atoms with E-state index in [4.69, 9.17) is 10.2 Å². The van der Waals surface area contributed by atoms with Gasteiger partial charge in [0.1, 0.15) is 0 Å². The Morgan fingerprint density at radius 2 is 1.10 bits per heavy atom. The van der Waals surface area contributed by atoms with Crippen molar-refractivity contribution in [2.75, 3.05) is 0 Å². The largest absolute Gasteiger partial charge is 2.00 e. The first-order valence-corrected chi connectivity index (χ1v) is 5.41. The Morgan fingerprint density at radius 1 is 0.762 bits per heavy atom. The second kappa shape index (κ2) is 9.48. The number of hydrogen-bond donors (Lipinski definition) is 2. The van der Waals surface area contributed by atoms with E-state index in [1.54, 1.807) is 0 Å². The van der Waals surface area contributed by atoms with Crippen LogP contribution in [0.3, 0.4) is 0 Å². The average molecular weight is 412 g/mol. The van der Waals surface area contributed by atoms with Crippen LogP contribution in [0, 0.1) is 0 Å². The molecule has 2 N–H and O–H groups in total. The molecule has 2 aromatic rings. The minimum absolute atomic E-state index is 0. The molecule has 0 heterocycles.